The summed E-state index contributed by atoms with van der Waals surface area (Å²) in [5.74, 6) is -1.11. The fourth-order valence-electron chi connectivity index (χ4n) is 1.55. The third-order valence-corrected chi connectivity index (χ3v) is 2.65. The topological polar surface area (TPSA) is 114 Å². The molecule has 1 unspecified atom stereocenters. The fourth-order valence-corrected chi connectivity index (χ4v) is 1.55. The summed E-state index contributed by atoms with van der Waals surface area (Å²) in [5.41, 5.74) is 0. The van der Waals surface area contributed by atoms with Crippen LogP contribution in [0.4, 0.5) is 9.59 Å². The van der Waals surface area contributed by atoms with Crippen LogP contribution in [0.25, 0.3) is 0 Å². The first-order valence-corrected chi connectivity index (χ1v) is 7.57. The third kappa shape index (κ3) is 10.8. The Balaban J connectivity index is 3.84. The minimum Gasteiger partial charge on any atom is -0.480 e. The molecule has 0 aliphatic carbocycles. The van der Waals surface area contributed by atoms with Gasteiger partial charge in [0.15, 0.2) is 0 Å². The number of carboxylic acids is 1. The molecule has 0 spiro atoms. The van der Waals surface area contributed by atoms with Crippen molar-refractivity contribution in [3.8, 4) is 0 Å². The highest BCUT2D eigenvalue weighted by atomic mass is 16.6. The number of aliphatic carboxylic acids is 1. The molecule has 0 saturated carbocycles. The Hall–Kier alpha value is -1.99. The molecule has 0 fully saturated rings. The van der Waals surface area contributed by atoms with Gasteiger partial charge in [-0.2, -0.15) is 0 Å². The summed E-state index contributed by atoms with van der Waals surface area (Å²) >= 11 is 0. The van der Waals surface area contributed by atoms with E-state index in [0.29, 0.717) is 32.4 Å². The van der Waals surface area contributed by atoms with Crippen molar-refractivity contribution < 1.29 is 29.0 Å². The first-order valence-electron chi connectivity index (χ1n) is 7.57. The van der Waals surface area contributed by atoms with Gasteiger partial charge in [-0.05, 0) is 32.1 Å². The molecule has 0 heterocycles. The Bertz CT molecular complexity index is 348. The van der Waals surface area contributed by atoms with Crippen molar-refractivity contribution in [3.63, 3.8) is 0 Å². The zero-order chi connectivity index (χ0) is 16.8. The van der Waals surface area contributed by atoms with Crippen LogP contribution in [0.1, 0.15) is 46.0 Å². The van der Waals surface area contributed by atoms with E-state index in [1.807, 2.05) is 13.8 Å². The van der Waals surface area contributed by atoms with Crippen LogP contribution < -0.4 is 10.6 Å². The van der Waals surface area contributed by atoms with Crippen LogP contribution in [-0.4, -0.2) is 49.1 Å². The molecule has 0 saturated heterocycles. The van der Waals surface area contributed by atoms with E-state index in [2.05, 4.69) is 10.6 Å². The fraction of sp³-hybridized carbons (Fsp3) is 0.786. The Morgan fingerprint density at radius 2 is 1.59 bits per heavy atom. The molecule has 0 bridgehead atoms. The molecule has 0 rings (SSSR count). The Kier molecular flexibility index (Phi) is 11.6. The molecule has 0 aromatic heterocycles. The number of hydrogen-bond donors (Lipinski definition) is 3. The van der Waals surface area contributed by atoms with Crippen LogP contribution in [-0.2, 0) is 14.3 Å². The highest BCUT2D eigenvalue weighted by Gasteiger charge is 2.19. The highest BCUT2D eigenvalue weighted by molar-refractivity contribution is 5.79. The third-order valence-electron chi connectivity index (χ3n) is 2.65. The summed E-state index contributed by atoms with van der Waals surface area (Å²) < 4.78 is 9.61. The molecule has 0 radical (unpaired) electrons. The average Bonchev–Trinajstić information content (AvgIpc) is 2.49. The van der Waals surface area contributed by atoms with E-state index in [9.17, 15) is 14.4 Å². The quantitative estimate of drug-likeness (QED) is 0.501. The zero-order valence-electron chi connectivity index (χ0n) is 13.2. The van der Waals surface area contributed by atoms with Gasteiger partial charge < -0.3 is 25.2 Å². The summed E-state index contributed by atoms with van der Waals surface area (Å²) in [6.07, 6.45) is 1.63. The van der Waals surface area contributed by atoms with Crippen molar-refractivity contribution in [3.05, 3.63) is 0 Å². The molecule has 1 atom stereocenters. The SMILES string of the molecule is CCCOC(=O)NCCCCC(NC(=O)OCCC)C(=O)O. The lowest BCUT2D eigenvalue weighted by molar-refractivity contribution is -0.139. The van der Waals surface area contributed by atoms with Crippen molar-refractivity contribution in [2.45, 2.75) is 52.0 Å². The number of nitrogens with one attached hydrogen (secondary N) is 2. The van der Waals surface area contributed by atoms with Gasteiger partial charge >= 0.3 is 18.2 Å². The van der Waals surface area contributed by atoms with Crippen LogP contribution in [0, 0.1) is 0 Å². The number of carbonyl (C=O) groups excluding carboxylic acids is 2. The van der Waals surface area contributed by atoms with E-state index in [1.165, 1.54) is 0 Å². The zero-order valence-corrected chi connectivity index (χ0v) is 13.2. The van der Waals surface area contributed by atoms with E-state index in [0.717, 1.165) is 6.42 Å². The van der Waals surface area contributed by atoms with Gasteiger partial charge in [0, 0.05) is 6.54 Å². The van der Waals surface area contributed by atoms with Crippen LogP contribution >= 0.6 is 0 Å². The van der Waals surface area contributed by atoms with Gasteiger partial charge in [0.2, 0.25) is 0 Å². The van der Waals surface area contributed by atoms with E-state index < -0.39 is 24.2 Å². The predicted octanol–water partition coefficient (Wildman–Crippen LogP) is 1.88. The maximum atomic E-state index is 11.3. The number of amides is 2. The maximum absolute atomic E-state index is 11.3. The number of unbranched alkanes of at least 4 members (excludes halogenated alkanes) is 1. The van der Waals surface area contributed by atoms with Gasteiger partial charge in [-0.15, -0.1) is 0 Å². The molecule has 128 valence electrons. The first-order chi connectivity index (χ1) is 10.5. The molecule has 8 heteroatoms. The lowest BCUT2D eigenvalue weighted by Crippen LogP contribution is -2.41. The molecule has 2 amide bonds. The van der Waals surface area contributed by atoms with Gasteiger partial charge in [0.1, 0.15) is 6.04 Å². The Morgan fingerprint density at radius 1 is 1.00 bits per heavy atom. The van der Waals surface area contributed by atoms with Gasteiger partial charge in [-0.1, -0.05) is 13.8 Å². The number of rotatable bonds is 11. The Labute approximate surface area is 130 Å². The van der Waals surface area contributed by atoms with E-state index in [-0.39, 0.29) is 13.0 Å². The number of carboxylic acid groups (broad SMARTS) is 1. The second-order valence-corrected chi connectivity index (χ2v) is 4.73. The second-order valence-electron chi connectivity index (χ2n) is 4.73. The lowest BCUT2D eigenvalue weighted by atomic mass is 10.1. The van der Waals surface area contributed by atoms with Gasteiger partial charge in [-0.3, -0.25) is 0 Å². The van der Waals surface area contributed by atoms with E-state index >= 15 is 0 Å². The number of ether oxygens (including phenoxy) is 2. The normalized spacial score (nSPS) is 11.4. The summed E-state index contributed by atoms with van der Waals surface area (Å²) in [7, 11) is 0. The summed E-state index contributed by atoms with van der Waals surface area (Å²) in [6, 6.07) is -0.989. The molecule has 3 N–H and O–H groups in total. The summed E-state index contributed by atoms with van der Waals surface area (Å²) in [4.78, 5) is 33.5. The average molecular weight is 318 g/mol. The van der Waals surface area contributed by atoms with Gasteiger partial charge in [0.25, 0.3) is 0 Å². The molecule has 22 heavy (non-hydrogen) atoms. The lowest BCUT2D eigenvalue weighted by Gasteiger charge is -2.14. The molecular formula is C14H26N2O6. The summed E-state index contributed by atoms with van der Waals surface area (Å²) in [6.45, 7) is 4.77. The van der Waals surface area contributed by atoms with Gasteiger partial charge in [0.05, 0.1) is 13.2 Å². The monoisotopic (exact) mass is 318 g/mol. The molecule has 0 aromatic carbocycles. The van der Waals surface area contributed by atoms with Crippen LogP contribution in [0.5, 0.6) is 0 Å². The summed E-state index contributed by atoms with van der Waals surface area (Å²) in [5, 5.41) is 13.9. The van der Waals surface area contributed by atoms with Crippen molar-refractivity contribution in [2.24, 2.45) is 0 Å². The highest BCUT2D eigenvalue weighted by Crippen LogP contribution is 2.02. The Morgan fingerprint density at radius 3 is 2.14 bits per heavy atom. The molecule has 0 aliphatic rings. The first kappa shape index (κ1) is 20.0. The predicted molar refractivity (Wildman–Crippen MR) is 79.7 cm³/mol. The van der Waals surface area contributed by atoms with Crippen LogP contribution in [0.2, 0.25) is 0 Å². The number of hydrogen-bond acceptors (Lipinski definition) is 5. The van der Waals surface area contributed by atoms with E-state index in [4.69, 9.17) is 14.6 Å². The van der Waals surface area contributed by atoms with Crippen molar-refractivity contribution in [1.82, 2.24) is 10.6 Å². The van der Waals surface area contributed by atoms with Crippen LogP contribution in [0.15, 0.2) is 0 Å². The number of carbonyl (C=O) groups is 3. The molecule has 0 aromatic rings. The molecular weight excluding hydrogens is 292 g/mol. The van der Waals surface area contributed by atoms with Crippen molar-refractivity contribution >= 4 is 18.2 Å². The number of alkyl carbamates (subject to hydrolysis) is 2. The maximum Gasteiger partial charge on any atom is 0.407 e. The van der Waals surface area contributed by atoms with E-state index in [1.54, 1.807) is 0 Å². The minimum atomic E-state index is -1.11. The minimum absolute atomic E-state index is 0.252. The molecule has 0 aliphatic heterocycles. The van der Waals surface area contributed by atoms with Crippen molar-refractivity contribution in [1.29, 1.82) is 0 Å². The van der Waals surface area contributed by atoms with Crippen molar-refractivity contribution in [2.75, 3.05) is 19.8 Å². The largest absolute Gasteiger partial charge is 0.480 e. The molecule has 8 nitrogen and oxygen atoms in total. The second kappa shape index (κ2) is 12.7. The van der Waals surface area contributed by atoms with Crippen LogP contribution in [0.3, 0.4) is 0 Å². The standard InChI is InChI=1S/C14H26N2O6/c1-3-9-21-13(19)15-8-6-5-7-11(12(17)18)16-14(20)22-10-4-2/h11H,3-10H2,1-2H3,(H,15,19)(H,16,20)(H,17,18). The van der Waals surface area contributed by atoms with Gasteiger partial charge in [-0.25, -0.2) is 14.4 Å². The smallest absolute Gasteiger partial charge is 0.407 e.